The quantitative estimate of drug-likeness (QED) is 0.457. The molecular formula is C22H26N2O5. The Morgan fingerprint density at radius 2 is 2.07 bits per heavy atom. The van der Waals surface area contributed by atoms with Crippen molar-refractivity contribution in [2.24, 2.45) is 5.16 Å². The molecule has 0 saturated heterocycles. The predicted octanol–water partition coefficient (Wildman–Crippen LogP) is 3.42. The van der Waals surface area contributed by atoms with Crippen molar-refractivity contribution in [1.82, 2.24) is 4.90 Å². The Morgan fingerprint density at radius 1 is 1.24 bits per heavy atom. The number of ether oxygens (including phenoxy) is 4. The summed E-state index contributed by atoms with van der Waals surface area (Å²) in [5.41, 5.74) is 3.92. The number of hydrogen-bond donors (Lipinski definition) is 1. The van der Waals surface area contributed by atoms with Crippen LogP contribution in [0.3, 0.4) is 0 Å². The smallest absolute Gasteiger partial charge is 0.231 e. The molecule has 154 valence electrons. The molecule has 7 nitrogen and oxygen atoms in total. The minimum absolute atomic E-state index is 0.00353. The first-order chi connectivity index (χ1) is 14.2. The van der Waals surface area contributed by atoms with Crippen LogP contribution in [-0.4, -0.2) is 50.4 Å². The zero-order valence-electron chi connectivity index (χ0n) is 17.0. The molecule has 29 heavy (non-hydrogen) atoms. The molecule has 2 heterocycles. The van der Waals surface area contributed by atoms with Gasteiger partial charge in [-0.05, 0) is 36.7 Å². The number of rotatable bonds is 6. The third-order valence-electron chi connectivity index (χ3n) is 5.70. The van der Waals surface area contributed by atoms with Crippen LogP contribution in [0.2, 0.25) is 0 Å². The molecule has 2 aliphatic rings. The molecule has 7 heteroatoms. The molecule has 4 rings (SSSR count). The summed E-state index contributed by atoms with van der Waals surface area (Å²) in [7, 11) is 5.38. The second kappa shape index (κ2) is 8.21. The third kappa shape index (κ3) is 3.58. The van der Waals surface area contributed by atoms with Gasteiger partial charge >= 0.3 is 0 Å². The fourth-order valence-electron chi connectivity index (χ4n) is 4.22. The van der Waals surface area contributed by atoms with Crippen molar-refractivity contribution in [2.75, 3.05) is 34.6 Å². The molecular weight excluding hydrogens is 372 g/mol. The van der Waals surface area contributed by atoms with E-state index in [4.69, 9.17) is 18.9 Å². The Labute approximate surface area is 170 Å². The summed E-state index contributed by atoms with van der Waals surface area (Å²) >= 11 is 0. The lowest BCUT2D eigenvalue weighted by Gasteiger charge is -2.36. The summed E-state index contributed by atoms with van der Waals surface area (Å²) in [5.74, 6) is 2.88. The molecule has 0 unspecified atom stereocenters. The van der Waals surface area contributed by atoms with Crippen LogP contribution in [0.4, 0.5) is 0 Å². The molecule has 2 aromatic carbocycles. The van der Waals surface area contributed by atoms with Crippen molar-refractivity contribution in [3.05, 3.63) is 47.0 Å². The summed E-state index contributed by atoms with van der Waals surface area (Å²) in [6, 6.07) is 9.84. The van der Waals surface area contributed by atoms with Gasteiger partial charge < -0.3 is 24.2 Å². The largest absolute Gasteiger partial charge is 0.496 e. The molecule has 0 spiro atoms. The van der Waals surface area contributed by atoms with Gasteiger partial charge in [0.2, 0.25) is 12.5 Å². The van der Waals surface area contributed by atoms with Crippen LogP contribution in [0.15, 0.2) is 35.5 Å². The molecule has 0 aliphatic carbocycles. The number of hydrogen-bond acceptors (Lipinski definition) is 7. The van der Waals surface area contributed by atoms with Crippen molar-refractivity contribution in [3.8, 4) is 23.0 Å². The van der Waals surface area contributed by atoms with E-state index in [0.717, 1.165) is 35.6 Å². The van der Waals surface area contributed by atoms with Gasteiger partial charge in [-0.25, -0.2) is 0 Å². The Kier molecular flexibility index (Phi) is 5.49. The number of nitrogens with zero attached hydrogens (tertiary/aromatic N) is 2. The lowest BCUT2D eigenvalue weighted by atomic mass is 9.87. The van der Waals surface area contributed by atoms with Crippen molar-refractivity contribution in [3.63, 3.8) is 0 Å². The number of likely N-dealkylation sites (N-methyl/N-ethyl adjacent to an activating group) is 1. The molecule has 0 aromatic heterocycles. The Hall–Kier alpha value is -2.93. The van der Waals surface area contributed by atoms with Gasteiger partial charge in [0.05, 0.1) is 19.9 Å². The maximum Gasteiger partial charge on any atom is 0.231 e. The lowest BCUT2D eigenvalue weighted by molar-refractivity contribution is 0.170. The fraction of sp³-hybridized carbons (Fsp3) is 0.409. The summed E-state index contributed by atoms with van der Waals surface area (Å²) in [6.07, 6.45) is 1.97. The van der Waals surface area contributed by atoms with Crippen molar-refractivity contribution in [1.29, 1.82) is 0 Å². The minimum atomic E-state index is 0.00353. The monoisotopic (exact) mass is 398 g/mol. The van der Waals surface area contributed by atoms with Crippen molar-refractivity contribution < 1.29 is 24.2 Å². The van der Waals surface area contributed by atoms with Gasteiger partial charge in [0.15, 0.2) is 11.5 Å². The zero-order valence-corrected chi connectivity index (χ0v) is 17.0. The second-order valence-electron chi connectivity index (χ2n) is 7.32. The maximum atomic E-state index is 9.75. The number of methoxy groups -OCH3 is 2. The minimum Gasteiger partial charge on any atom is -0.496 e. The highest BCUT2D eigenvalue weighted by molar-refractivity contribution is 5.87. The summed E-state index contributed by atoms with van der Waals surface area (Å²) in [6.45, 7) is 1.10. The standard InChI is InChI=1S/C22H26N2O5/c1-24-9-8-15-11-19-21(29-13-28-19)22(27-3)20(15)17(24)12-16(23-25)10-14-6-4-5-7-18(14)26-2/h4-7,11,17,25H,8-10,12-13H2,1-3H3/t17-/m0/s1. The van der Waals surface area contributed by atoms with Crippen LogP contribution >= 0.6 is 0 Å². The van der Waals surface area contributed by atoms with Gasteiger partial charge in [0.1, 0.15) is 5.75 Å². The molecule has 2 aliphatic heterocycles. The molecule has 0 radical (unpaired) electrons. The Morgan fingerprint density at radius 3 is 2.83 bits per heavy atom. The van der Waals surface area contributed by atoms with Gasteiger partial charge in [-0.3, -0.25) is 4.90 Å². The normalized spacial score (nSPS) is 18.4. The van der Waals surface area contributed by atoms with Crippen LogP contribution in [0.5, 0.6) is 23.0 Å². The van der Waals surface area contributed by atoms with Crippen LogP contribution in [0.25, 0.3) is 0 Å². The van der Waals surface area contributed by atoms with E-state index < -0.39 is 0 Å². The van der Waals surface area contributed by atoms with Gasteiger partial charge in [-0.2, -0.15) is 0 Å². The summed E-state index contributed by atoms with van der Waals surface area (Å²) in [5, 5.41) is 13.4. The average Bonchev–Trinajstić information content (AvgIpc) is 3.22. The van der Waals surface area contributed by atoms with E-state index in [0.29, 0.717) is 30.1 Å². The first-order valence-corrected chi connectivity index (χ1v) is 9.67. The number of oxime groups is 1. The summed E-state index contributed by atoms with van der Waals surface area (Å²) < 4.78 is 22.4. The van der Waals surface area contributed by atoms with Crippen molar-refractivity contribution >= 4 is 5.71 Å². The third-order valence-corrected chi connectivity index (χ3v) is 5.70. The van der Waals surface area contributed by atoms with Crippen LogP contribution < -0.4 is 18.9 Å². The van der Waals surface area contributed by atoms with E-state index in [1.807, 2.05) is 24.3 Å². The van der Waals surface area contributed by atoms with E-state index in [2.05, 4.69) is 23.2 Å². The highest BCUT2D eigenvalue weighted by Crippen LogP contribution is 2.50. The van der Waals surface area contributed by atoms with E-state index in [1.54, 1.807) is 14.2 Å². The Balaban J connectivity index is 1.67. The zero-order chi connectivity index (χ0) is 20.4. The molecule has 1 atom stereocenters. The molecule has 2 aromatic rings. The SMILES string of the molecule is COc1ccccc1CC(C[C@H]1c2c(cc3c(c2OC)OCO3)CCN1C)=NO. The first-order valence-electron chi connectivity index (χ1n) is 9.67. The van der Waals surface area contributed by atoms with E-state index in [1.165, 1.54) is 5.56 Å². The molecule has 0 bridgehead atoms. The average molecular weight is 398 g/mol. The number of benzene rings is 2. The van der Waals surface area contributed by atoms with Gasteiger partial charge in [0, 0.05) is 31.0 Å². The van der Waals surface area contributed by atoms with Crippen LogP contribution in [0.1, 0.15) is 29.2 Å². The molecule has 1 N–H and O–H groups in total. The topological polar surface area (TPSA) is 72.8 Å². The summed E-state index contributed by atoms with van der Waals surface area (Å²) in [4.78, 5) is 2.26. The van der Waals surface area contributed by atoms with Gasteiger partial charge in [-0.1, -0.05) is 23.4 Å². The van der Waals surface area contributed by atoms with E-state index in [-0.39, 0.29) is 12.8 Å². The second-order valence-corrected chi connectivity index (χ2v) is 7.32. The molecule has 0 amide bonds. The van der Waals surface area contributed by atoms with Gasteiger partial charge in [-0.15, -0.1) is 0 Å². The molecule has 0 fully saturated rings. The van der Waals surface area contributed by atoms with Crippen molar-refractivity contribution in [2.45, 2.75) is 25.3 Å². The fourth-order valence-corrected chi connectivity index (χ4v) is 4.22. The highest BCUT2D eigenvalue weighted by atomic mass is 16.7. The Bertz CT molecular complexity index is 928. The maximum absolute atomic E-state index is 9.75. The van der Waals surface area contributed by atoms with E-state index >= 15 is 0 Å². The van der Waals surface area contributed by atoms with E-state index in [9.17, 15) is 5.21 Å². The highest BCUT2D eigenvalue weighted by Gasteiger charge is 2.34. The lowest BCUT2D eigenvalue weighted by Crippen LogP contribution is -2.34. The van der Waals surface area contributed by atoms with Crippen LogP contribution in [0, 0.1) is 0 Å². The van der Waals surface area contributed by atoms with Gasteiger partial charge in [0.25, 0.3) is 0 Å². The number of fused-ring (bicyclic) bond motifs is 2. The number of para-hydroxylation sites is 1. The first kappa shape index (κ1) is 19.4. The predicted molar refractivity (Wildman–Crippen MR) is 109 cm³/mol. The molecule has 0 saturated carbocycles. The van der Waals surface area contributed by atoms with Crippen LogP contribution in [-0.2, 0) is 12.8 Å².